The molecule has 20 heavy (non-hydrogen) atoms. The maximum absolute atomic E-state index is 11.5. The van der Waals surface area contributed by atoms with E-state index in [1.54, 1.807) is 0 Å². The molecule has 4 heteroatoms. The van der Waals surface area contributed by atoms with Crippen LogP contribution in [0, 0.1) is 0 Å². The van der Waals surface area contributed by atoms with Gasteiger partial charge in [0.2, 0.25) is 11.8 Å². The molecule has 0 saturated carbocycles. The van der Waals surface area contributed by atoms with Gasteiger partial charge in [-0.25, -0.2) is 0 Å². The molecular formula is C16H22N2O2. The van der Waals surface area contributed by atoms with Crippen molar-refractivity contribution < 1.29 is 9.59 Å². The average molecular weight is 274 g/mol. The Balaban J connectivity index is 0.000000178. The highest BCUT2D eigenvalue weighted by Crippen LogP contribution is 2.19. The van der Waals surface area contributed by atoms with Crippen molar-refractivity contribution in [2.24, 2.45) is 0 Å². The SMILES string of the molecule is O=C1CCCCN1.O=C1CCCCN1c1ccccc1. The summed E-state index contributed by atoms with van der Waals surface area (Å²) in [5.74, 6) is 0.476. The molecule has 1 aromatic rings. The van der Waals surface area contributed by atoms with Crippen LogP contribution in [0.3, 0.4) is 0 Å². The molecule has 0 atom stereocenters. The van der Waals surface area contributed by atoms with Crippen molar-refractivity contribution in [1.82, 2.24) is 5.32 Å². The predicted molar refractivity (Wildman–Crippen MR) is 79.5 cm³/mol. The zero-order chi connectivity index (χ0) is 14.2. The molecule has 4 nitrogen and oxygen atoms in total. The predicted octanol–water partition coefficient (Wildman–Crippen LogP) is 2.49. The highest BCUT2D eigenvalue weighted by molar-refractivity contribution is 5.93. The second-order valence-electron chi connectivity index (χ2n) is 5.15. The molecule has 0 unspecified atom stereocenters. The minimum Gasteiger partial charge on any atom is -0.356 e. The van der Waals surface area contributed by atoms with E-state index in [2.05, 4.69) is 5.32 Å². The summed E-state index contributed by atoms with van der Waals surface area (Å²) in [5, 5.41) is 2.74. The Kier molecular flexibility index (Phi) is 5.59. The number of carbonyl (C=O) groups is 2. The molecule has 3 rings (SSSR count). The fraction of sp³-hybridized carbons (Fsp3) is 0.500. The summed E-state index contributed by atoms with van der Waals surface area (Å²) < 4.78 is 0. The van der Waals surface area contributed by atoms with Crippen LogP contribution in [0.1, 0.15) is 38.5 Å². The topological polar surface area (TPSA) is 49.4 Å². The summed E-state index contributed by atoms with van der Waals surface area (Å²) >= 11 is 0. The van der Waals surface area contributed by atoms with Crippen molar-refractivity contribution in [2.45, 2.75) is 38.5 Å². The van der Waals surface area contributed by atoms with Gasteiger partial charge in [0.15, 0.2) is 0 Å². The first-order valence-electron chi connectivity index (χ1n) is 7.39. The average Bonchev–Trinajstić information content (AvgIpc) is 2.50. The van der Waals surface area contributed by atoms with Gasteiger partial charge >= 0.3 is 0 Å². The van der Waals surface area contributed by atoms with E-state index in [9.17, 15) is 9.59 Å². The molecule has 0 spiro atoms. The maximum Gasteiger partial charge on any atom is 0.226 e. The summed E-state index contributed by atoms with van der Waals surface area (Å²) in [4.78, 5) is 23.8. The molecule has 2 heterocycles. The number of carbonyl (C=O) groups excluding carboxylic acids is 2. The van der Waals surface area contributed by atoms with E-state index in [1.807, 2.05) is 35.2 Å². The lowest BCUT2D eigenvalue weighted by Gasteiger charge is -2.26. The summed E-state index contributed by atoms with van der Waals surface area (Å²) in [5.41, 5.74) is 1.03. The van der Waals surface area contributed by atoms with Gasteiger partial charge in [-0.05, 0) is 37.8 Å². The minimum absolute atomic E-state index is 0.214. The third-order valence-corrected chi connectivity index (χ3v) is 3.54. The monoisotopic (exact) mass is 274 g/mol. The number of nitrogens with one attached hydrogen (secondary N) is 1. The third kappa shape index (κ3) is 4.37. The maximum atomic E-state index is 11.5. The first kappa shape index (κ1) is 14.6. The van der Waals surface area contributed by atoms with Gasteiger partial charge in [0, 0.05) is 31.6 Å². The van der Waals surface area contributed by atoms with Gasteiger partial charge in [-0.2, -0.15) is 0 Å². The van der Waals surface area contributed by atoms with Gasteiger partial charge in [0.1, 0.15) is 0 Å². The van der Waals surface area contributed by atoms with Crippen LogP contribution in [0.2, 0.25) is 0 Å². The van der Waals surface area contributed by atoms with Gasteiger partial charge in [-0.1, -0.05) is 18.2 Å². The van der Waals surface area contributed by atoms with Crippen LogP contribution in [0.25, 0.3) is 0 Å². The third-order valence-electron chi connectivity index (χ3n) is 3.54. The number of hydrogen-bond acceptors (Lipinski definition) is 2. The molecular weight excluding hydrogens is 252 g/mol. The Bertz CT molecular complexity index is 437. The Morgan fingerprint density at radius 2 is 1.65 bits per heavy atom. The lowest BCUT2D eigenvalue weighted by molar-refractivity contribution is -0.122. The van der Waals surface area contributed by atoms with E-state index in [0.717, 1.165) is 50.9 Å². The van der Waals surface area contributed by atoms with Crippen molar-refractivity contribution in [3.8, 4) is 0 Å². The fourth-order valence-electron chi connectivity index (χ4n) is 2.41. The highest BCUT2D eigenvalue weighted by Gasteiger charge is 2.18. The smallest absolute Gasteiger partial charge is 0.226 e. The van der Waals surface area contributed by atoms with Crippen LogP contribution in [0.5, 0.6) is 0 Å². The number of nitrogens with zero attached hydrogens (tertiary/aromatic N) is 1. The lowest BCUT2D eigenvalue weighted by Crippen LogP contribution is -2.35. The van der Waals surface area contributed by atoms with Gasteiger partial charge in [-0.15, -0.1) is 0 Å². The minimum atomic E-state index is 0.214. The van der Waals surface area contributed by atoms with E-state index in [1.165, 1.54) is 0 Å². The molecule has 2 fully saturated rings. The van der Waals surface area contributed by atoms with E-state index in [0.29, 0.717) is 6.42 Å². The molecule has 2 saturated heterocycles. The van der Waals surface area contributed by atoms with E-state index in [-0.39, 0.29) is 11.8 Å². The summed E-state index contributed by atoms with van der Waals surface area (Å²) in [6.45, 7) is 1.77. The summed E-state index contributed by atoms with van der Waals surface area (Å²) in [6, 6.07) is 9.89. The van der Waals surface area contributed by atoms with Crippen molar-refractivity contribution in [1.29, 1.82) is 0 Å². The number of anilines is 1. The molecule has 2 aliphatic rings. The van der Waals surface area contributed by atoms with Crippen molar-refractivity contribution in [3.63, 3.8) is 0 Å². The molecule has 0 radical (unpaired) electrons. The Hall–Kier alpha value is -1.84. The first-order valence-corrected chi connectivity index (χ1v) is 7.39. The van der Waals surface area contributed by atoms with Crippen LogP contribution >= 0.6 is 0 Å². The normalized spacial score (nSPS) is 18.9. The van der Waals surface area contributed by atoms with Crippen LogP contribution in [-0.2, 0) is 9.59 Å². The van der Waals surface area contributed by atoms with Crippen LogP contribution < -0.4 is 10.2 Å². The number of hydrogen-bond donors (Lipinski definition) is 1. The molecule has 0 aromatic heterocycles. The standard InChI is InChI=1S/C11H13NO.C5H9NO/c13-11-8-4-5-9-12(11)10-6-2-1-3-7-10;7-5-3-1-2-4-6-5/h1-3,6-7H,4-5,8-9H2;1-4H2,(H,6,7). The number of piperidine rings is 2. The highest BCUT2D eigenvalue weighted by atomic mass is 16.2. The van der Waals surface area contributed by atoms with Gasteiger partial charge in [0.25, 0.3) is 0 Å². The second-order valence-corrected chi connectivity index (χ2v) is 5.15. The zero-order valence-electron chi connectivity index (χ0n) is 11.8. The molecule has 0 bridgehead atoms. The van der Waals surface area contributed by atoms with E-state index < -0.39 is 0 Å². The summed E-state index contributed by atoms with van der Waals surface area (Å²) in [6.07, 6.45) is 5.84. The van der Waals surface area contributed by atoms with Gasteiger partial charge < -0.3 is 10.2 Å². The molecule has 108 valence electrons. The number of para-hydroxylation sites is 1. The van der Waals surface area contributed by atoms with Gasteiger partial charge in [-0.3, -0.25) is 9.59 Å². The van der Waals surface area contributed by atoms with Gasteiger partial charge in [0.05, 0.1) is 0 Å². The molecule has 1 N–H and O–H groups in total. The van der Waals surface area contributed by atoms with E-state index in [4.69, 9.17) is 0 Å². The fourth-order valence-corrected chi connectivity index (χ4v) is 2.41. The van der Waals surface area contributed by atoms with Crippen LogP contribution in [0.4, 0.5) is 5.69 Å². The summed E-state index contributed by atoms with van der Waals surface area (Å²) in [7, 11) is 0. The van der Waals surface area contributed by atoms with Crippen molar-refractivity contribution >= 4 is 17.5 Å². The number of amides is 2. The Labute approximate surface area is 120 Å². The largest absolute Gasteiger partial charge is 0.356 e. The van der Waals surface area contributed by atoms with Crippen molar-refractivity contribution in [2.75, 3.05) is 18.0 Å². The number of benzene rings is 1. The Morgan fingerprint density at radius 3 is 2.20 bits per heavy atom. The first-order chi connectivity index (χ1) is 9.77. The lowest BCUT2D eigenvalue weighted by atomic mass is 10.1. The quantitative estimate of drug-likeness (QED) is 0.855. The number of rotatable bonds is 1. The molecule has 2 amide bonds. The molecule has 1 aromatic carbocycles. The molecule has 0 aliphatic carbocycles. The van der Waals surface area contributed by atoms with Crippen LogP contribution in [-0.4, -0.2) is 24.9 Å². The Morgan fingerprint density at radius 1 is 0.900 bits per heavy atom. The van der Waals surface area contributed by atoms with E-state index >= 15 is 0 Å². The molecule has 2 aliphatic heterocycles. The zero-order valence-corrected chi connectivity index (χ0v) is 11.8. The van der Waals surface area contributed by atoms with Crippen molar-refractivity contribution in [3.05, 3.63) is 30.3 Å². The van der Waals surface area contributed by atoms with Crippen LogP contribution in [0.15, 0.2) is 30.3 Å². The second kappa shape index (κ2) is 7.68.